The van der Waals surface area contributed by atoms with Crippen molar-refractivity contribution in [2.45, 2.75) is 23.8 Å². The number of benzene rings is 3. The number of carboxylic acids is 1. The zero-order chi connectivity index (χ0) is 30.3. The first-order valence-electron chi connectivity index (χ1n) is 12.5. The van der Waals surface area contributed by atoms with Gasteiger partial charge in [-0.2, -0.15) is 0 Å². The lowest BCUT2D eigenvalue weighted by molar-refractivity contribution is -0.139. The number of aliphatic carboxylic acids is 1. The normalized spacial score (nSPS) is 14.0. The summed E-state index contributed by atoms with van der Waals surface area (Å²) in [5.41, 5.74) is 1.25. The maximum absolute atomic E-state index is 13.3. The van der Waals surface area contributed by atoms with Gasteiger partial charge in [-0.05, 0) is 53.9 Å². The Morgan fingerprint density at radius 3 is 2.57 bits per heavy atom. The molecular formula is C29H22Cl2N2O8S. The standard InChI is InChI=1S/C29H22Cl2N2O8S/c1-42(39,40)18-4-2-3-15(11-18)12-22(29(37)38)32-26(34)24-21(30)14-20-19(25(24)31)7-9-33(28(20)36)27(35)17-6-5-16-8-10-41-23(16)13-17/h2-6,8,10-11,13-14,22H,7,9,12H2,1H3,(H,32,34)(H,37,38)/t22-/m0/s1. The monoisotopic (exact) mass is 628 g/mol. The molecule has 1 aromatic heterocycles. The Labute approximate surface area is 249 Å². The van der Waals surface area contributed by atoms with Crippen LogP contribution in [-0.2, 0) is 27.5 Å². The van der Waals surface area contributed by atoms with Crippen LogP contribution in [0.5, 0.6) is 0 Å². The van der Waals surface area contributed by atoms with Crippen LogP contribution in [0.3, 0.4) is 0 Å². The van der Waals surface area contributed by atoms with E-state index in [1.165, 1.54) is 30.5 Å². The van der Waals surface area contributed by atoms with Crippen LogP contribution in [-0.4, -0.2) is 61.0 Å². The van der Waals surface area contributed by atoms with E-state index >= 15 is 0 Å². The fourth-order valence-electron chi connectivity index (χ4n) is 4.78. The van der Waals surface area contributed by atoms with Crippen LogP contribution < -0.4 is 5.32 Å². The van der Waals surface area contributed by atoms with Crippen molar-refractivity contribution in [2.75, 3.05) is 12.8 Å². The molecule has 3 amide bonds. The first-order valence-corrected chi connectivity index (χ1v) is 15.2. The van der Waals surface area contributed by atoms with E-state index in [2.05, 4.69) is 5.32 Å². The number of fused-ring (bicyclic) bond motifs is 2. The van der Waals surface area contributed by atoms with E-state index in [9.17, 15) is 32.7 Å². The van der Waals surface area contributed by atoms with Gasteiger partial charge < -0.3 is 14.8 Å². The Kier molecular flexibility index (Phi) is 7.84. The highest BCUT2D eigenvalue weighted by Gasteiger charge is 2.34. The van der Waals surface area contributed by atoms with Crippen LogP contribution in [0.4, 0.5) is 0 Å². The van der Waals surface area contributed by atoms with Gasteiger partial charge in [-0.1, -0.05) is 41.4 Å². The lowest BCUT2D eigenvalue weighted by atomic mass is 9.95. The second-order valence-electron chi connectivity index (χ2n) is 9.75. The number of carbonyl (C=O) groups excluding carboxylic acids is 3. The summed E-state index contributed by atoms with van der Waals surface area (Å²) in [4.78, 5) is 52.8. The van der Waals surface area contributed by atoms with Gasteiger partial charge in [-0.25, -0.2) is 13.2 Å². The number of carbonyl (C=O) groups is 4. The average Bonchev–Trinajstić information content (AvgIpc) is 3.41. The minimum absolute atomic E-state index is 0.00921. The number of hydrogen-bond donors (Lipinski definition) is 2. The van der Waals surface area contributed by atoms with Crippen LogP contribution in [0.25, 0.3) is 11.0 Å². The van der Waals surface area contributed by atoms with Crippen LogP contribution in [0.2, 0.25) is 10.0 Å². The quantitative estimate of drug-likeness (QED) is 0.286. The van der Waals surface area contributed by atoms with Gasteiger partial charge in [-0.15, -0.1) is 0 Å². The van der Waals surface area contributed by atoms with Gasteiger partial charge in [0.25, 0.3) is 17.7 Å². The fraction of sp³-hybridized carbons (Fsp3) is 0.172. The van der Waals surface area contributed by atoms with Crippen molar-refractivity contribution in [1.29, 1.82) is 0 Å². The van der Waals surface area contributed by atoms with E-state index in [4.69, 9.17) is 27.6 Å². The van der Waals surface area contributed by atoms with Crippen molar-refractivity contribution in [3.63, 3.8) is 0 Å². The van der Waals surface area contributed by atoms with Crippen molar-refractivity contribution in [2.24, 2.45) is 0 Å². The van der Waals surface area contributed by atoms with E-state index in [1.807, 2.05) is 0 Å². The molecule has 2 heterocycles. The van der Waals surface area contributed by atoms with Crippen molar-refractivity contribution >= 4 is 67.7 Å². The highest BCUT2D eigenvalue weighted by Crippen LogP contribution is 2.35. The van der Waals surface area contributed by atoms with E-state index in [0.717, 1.165) is 16.5 Å². The molecule has 216 valence electrons. The van der Waals surface area contributed by atoms with Crippen molar-refractivity contribution < 1.29 is 37.1 Å². The first-order chi connectivity index (χ1) is 19.8. The molecule has 0 aliphatic carbocycles. The van der Waals surface area contributed by atoms with Crippen LogP contribution in [0, 0.1) is 0 Å². The third-order valence-electron chi connectivity index (χ3n) is 6.93. The number of hydrogen-bond acceptors (Lipinski definition) is 7. The maximum Gasteiger partial charge on any atom is 0.326 e. The van der Waals surface area contributed by atoms with E-state index in [-0.39, 0.29) is 51.0 Å². The van der Waals surface area contributed by atoms with Gasteiger partial charge in [0.05, 0.1) is 26.8 Å². The smallest absolute Gasteiger partial charge is 0.326 e. The number of nitrogens with zero attached hydrogens (tertiary/aromatic N) is 1. The highest BCUT2D eigenvalue weighted by molar-refractivity contribution is 7.90. The van der Waals surface area contributed by atoms with Crippen LogP contribution >= 0.6 is 23.2 Å². The molecule has 1 atom stereocenters. The Balaban J connectivity index is 1.38. The molecule has 4 aromatic rings. The topological polar surface area (TPSA) is 151 Å². The second kappa shape index (κ2) is 11.2. The summed E-state index contributed by atoms with van der Waals surface area (Å²) < 4.78 is 29.1. The molecule has 2 N–H and O–H groups in total. The summed E-state index contributed by atoms with van der Waals surface area (Å²) in [7, 11) is -3.53. The molecule has 0 unspecified atom stereocenters. The van der Waals surface area contributed by atoms with Crippen molar-refractivity contribution in [3.8, 4) is 0 Å². The van der Waals surface area contributed by atoms with Gasteiger partial charge in [0, 0.05) is 35.7 Å². The highest BCUT2D eigenvalue weighted by atomic mass is 35.5. The van der Waals surface area contributed by atoms with E-state index in [1.54, 1.807) is 30.3 Å². The Morgan fingerprint density at radius 2 is 1.86 bits per heavy atom. The zero-order valence-electron chi connectivity index (χ0n) is 21.9. The SMILES string of the molecule is CS(=O)(=O)c1cccc(C[C@H](NC(=O)c2c(Cl)cc3c(c2Cl)CCN(C(=O)c2ccc4ccoc4c2)C3=O)C(=O)O)c1. The molecule has 0 radical (unpaired) electrons. The van der Waals surface area contributed by atoms with E-state index < -0.39 is 39.6 Å². The third kappa shape index (κ3) is 5.63. The Morgan fingerprint density at radius 1 is 1.10 bits per heavy atom. The second-order valence-corrected chi connectivity index (χ2v) is 12.5. The predicted octanol–water partition coefficient (Wildman–Crippen LogP) is 4.41. The van der Waals surface area contributed by atoms with Crippen LogP contribution in [0.1, 0.15) is 42.2 Å². The predicted molar refractivity (Wildman–Crippen MR) is 154 cm³/mol. The molecule has 0 saturated heterocycles. The zero-order valence-corrected chi connectivity index (χ0v) is 24.2. The molecule has 1 aliphatic heterocycles. The van der Waals surface area contributed by atoms with Gasteiger partial charge >= 0.3 is 5.97 Å². The Hall–Kier alpha value is -4.19. The minimum Gasteiger partial charge on any atom is -0.480 e. The molecule has 3 aromatic carbocycles. The fourth-order valence-corrected chi connectivity index (χ4v) is 6.19. The summed E-state index contributed by atoms with van der Waals surface area (Å²) in [5, 5.41) is 12.6. The molecule has 0 saturated carbocycles. The van der Waals surface area contributed by atoms with Gasteiger partial charge in [0.1, 0.15) is 11.6 Å². The van der Waals surface area contributed by atoms with Crippen LogP contribution in [0.15, 0.2) is 70.2 Å². The Bertz CT molecular complexity index is 1900. The molecular weight excluding hydrogens is 607 g/mol. The summed E-state index contributed by atoms with van der Waals surface area (Å²) in [5.74, 6) is -3.44. The molecule has 0 spiro atoms. The molecule has 0 fully saturated rings. The largest absolute Gasteiger partial charge is 0.480 e. The number of amides is 3. The summed E-state index contributed by atoms with van der Waals surface area (Å²) in [6.45, 7) is -0.0162. The minimum atomic E-state index is -3.53. The number of halogens is 2. The maximum atomic E-state index is 13.3. The van der Waals surface area contributed by atoms with Gasteiger partial charge in [0.2, 0.25) is 0 Å². The van der Waals surface area contributed by atoms with Gasteiger partial charge in [0.15, 0.2) is 9.84 Å². The van der Waals surface area contributed by atoms with Gasteiger partial charge in [-0.3, -0.25) is 19.3 Å². The molecule has 5 rings (SSSR count). The number of sulfone groups is 1. The van der Waals surface area contributed by atoms with Crippen molar-refractivity contribution in [1.82, 2.24) is 10.2 Å². The lowest BCUT2D eigenvalue weighted by Crippen LogP contribution is -2.43. The molecule has 1 aliphatic rings. The third-order valence-corrected chi connectivity index (χ3v) is 8.75. The van der Waals surface area contributed by atoms with E-state index in [0.29, 0.717) is 16.7 Å². The summed E-state index contributed by atoms with van der Waals surface area (Å²) >= 11 is 12.9. The lowest BCUT2D eigenvalue weighted by Gasteiger charge is -2.28. The molecule has 13 heteroatoms. The molecule has 0 bridgehead atoms. The number of carboxylic acid groups (broad SMARTS) is 1. The first kappa shape index (κ1) is 29.3. The average molecular weight is 629 g/mol. The summed E-state index contributed by atoms with van der Waals surface area (Å²) in [6.07, 6.45) is 2.44. The number of furan rings is 1. The number of rotatable bonds is 7. The number of nitrogens with one attached hydrogen (secondary N) is 1. The van der Waals surface area contributed by atoms with Crippen molar-refractivity contribution in [3.05, 3.63) is 98.7 Å². The molecule has 42 heavy (non-hydrogen) atoms. The molecule has 10 nitrogen and oxygen atoms in total. The number of imide groups is 1. The summed E-state index contributed by atoms with van der Waals surface area (Å²) in [6, 6.07) is 12.1.